The number of fused-ring (bicyclic) bond motifs is 1. The van der Waals surface area contributed by atoms with E-state index in [0.717, 1.165) is 63.6 Å². The van der Waals surface area contributed by atoms with E-state index in [1.165, 1.54) is 11.1 Å². The Morgan fingerprint density at radius 3 is 2.85 bits per heavy atom. The van der Waals surface area contributed by atoms with Gasteiger partial charge >= 0.3 is 0 Å². The van der Waals surface area contributed by atoms with Gasteiger partial charge in [0, 0.05) is 39.1 Å². The molecule has 1 amide bonds. The number of rotatable bonds is 6. The fourth-order valence-corrected chi connectivity index (χ4v) is 3.56. The zero-order valence-electron chi connectivity index (χ0n) is 15.9. The summed E-state index contributed by atoms with van der Waals surface area (Å²) < 4.78 is 5.55. The van der Waals surface area contributed by atoms with Crippen molar-refractivity contribution in [2.75, 3.05) is 39.8 Å². The molecule has 1 aromatic rings. The molecule has 2 aliphatic heterocycles. The average molecular weight is 487 g/mol. The Bertz CT molecular complexity index is 660. The van der Waals surface area contributed by atoms with Crippen LogP contribution < -0.4 is 21.1 Å². The number of guanidine groups is 1. The van der Waals surface area contributed by atoms with Gasteiger partial charge in [0.25, 0.3) is 0 Å². The van der Waals surface area contributed by atoms with Gasteiger partial charge in [-0.3, -0.25) is 14.7 Å². The molecule has 8 heteroatoms. The summed E-state index contributed by atoms with van der Waals surface area (Å²) in [7, 11) is 1.80. The Morgan fingerprint density at radius 2 is 2.15 bits per heavy atom. The van der Waals surface area contributed by atoms with Gasteiger partial charge in [-0.1, -0.05) is 12.1 Å². The zero-order chi connectivity index (χ0) is 18.4. The van der Waals surface area contributed by atoms with Crippen molar-refractivity contribution in [1.82, 2.24) is 15.5 Å². The van der Waals surface area contributed by atoms with Gasteiger partial charge in [-0.2, -0.15) is 0 Å². The Morgan fingerprint density at radius 1 is 1.37 bits per heavy atom. The van der Waals surface area contributed by atoms with Crippen LogP contribution in [0, 0.1) is 0 Å². The van der Waals surface area contributed by atoms with Crippen LogP contribution in [0.4, 0.5) is 0 Å². The second-order valence-electron chi connectivity index (χ2n) is 6.95. The SMILES string of the molecule is CN=C(NCCc1ccc2c(c1)CCO2)NC1CCN(CC(N)=O)CC1.I. The highest BCUT2D eigenvalue weighted by Crippen LogP contribution is 2.25. The second kappa shape index (κ2) is 10.7. The molecule has 0 spiro atoms. The number of aliphatic imine (C=N–C) groups is 1. The Kier molecular flexibility index (Phi) is 8.62. The summed E-state index contributed by atoms with van der Waals surface area (Å²) in [5, 5.41) is 6.88. The molecule has 1 aromatic carbocycles. The van der Waals surface area contributed by atoms with Gasteiger partial charge in [-0.05, 0) is 36.5 Å². The number of likely N-dealkylation sites (tertiary alicyclic amines) is 1. The monoisotopic (exact) mass is 487 g/mol. The molecule has 0 bridgehead atoms. The normalized spacial score (nSPS) is 17.6. The van der Waals surface area contributed by atoms with E-state index >= 15 is 0 Å². The largest absolute Gasteiger partial charge is 0.493 e. The molecule has 0 radical (unpaired) electrons. The van der Waals surface area contributed by atoms with Gasteiger partial charge < -0.3 is 21.1 Å². The van der Waals surface area contributed by atoms with Crippen molar-refractivity contribution in [3.8, 4) is 5.75 Å². The van der Waals surface area contributed by atoms with E-state index in [-0.39, 0.29) is 29.9 Å². The van der Waals surface area contributed by atoms with Crippen molar-refractivity contribution in [2.45, 2.75) is 31.7 Å². The number of amides is 1. The van der Waals surface area contributed by atoms with Gasteiger partial charge in [0.05, 0.1) is 13.2 Å². The third kappa shape index (κ3) is 6.53. The highest BCUT2D eigenvalue weighted by molar-refractivity contribution is 14.0. The maximum absolute atomic E-state index is 11.0. The molecule has 150 valence electrons. The summed E-state index contributed by atoms with van der Waals surface area (Å²) in [6.07, 6.45) is 3.93. The molecule has 2 heterocycles. The van der Waals surface area contributed by atoms with Crippen molar-refractivity contribution in [3.05, 3.63) is 29.3 Å². The van der Waals surface area contributed by atoms with E-state index in [0.29, 0.717) is 12.6 Å². The van der Waals surface area contributed by atoms with Gasteiger partial charge in [0.15, 0.2) is 5.96 Å². The van der Waals surface area contributed by atoms with Crippen LogP contribution in [0.3, 0.4) is 0 Å². The maximum atomic E-state index is 11.0. The van der Waals surface area contributed by atoms with Crippen LogP contribution in [-0.4, -0.2) is 62.6 Å². The lowest BCUT2D eigenvalue weighted by Crippen LogP contribution is -2.50. The van der Waals surface area contributed by atoms with Gasteiger partial charge in [0.1, 0.15) is 5.75 Å². The van der Waals surface area contributed by atoms with Gasteiger partial charge in [0.2, 0.25) is 5.91 Å². The van der Waals surface area contributed by atoms with Crippen LogP contribution in [0.1, 0.15) is 24.0 Å². The lowest BCUT2D eigenvalue weighted by Gasteiger charge is -2.32. The Hall–Kier alpha value is -1.55. The minimum atomic E-state index is -0.257. The molecule has 3 rings (SSSR count). The molecular formula is C19H30IN5O2. The molecule has 4 N–H and O–H groups in total. The van der Waals surface area contributed by atoms with Crippen LogP contribution in [0.2, 0.25) is 0 Å². The van der Waals surface area contributed by atoms with E-state index in [2.05, 4.69) is 38.7 Å². The van der Waals surface area contributed by atoms with E-state index in [9.17, 15) is 4.79 Å². The van der Waals surface area contributed by atoms with Gasteiger partial charge in [-0.25, -0.2) is 0 Å². The number of nitrogens with one attached hydrogen (secondary N) is 2. The standard InChI is InChI=1S/C19H29N5O2.HI/c1-21-19(23-16-5-9-24(10-6-16)13-18(20)25)22-8-4-14-2-3-17-15(12-14)7-11-26-17;/h2-3,12,16H,4-11,13H2,1H3,(H2,20,25)(H2,21,22,23);1H. The van der Waals surface area contributed by atoms with E-state index in [1.807, 2.05) is 0 Å². The number of primary amides is 1. The predicted molar refractivity (Wildman–Crippen MR) is 118 cm³/mol. The molecule has 2 aliphatic rings. The van der Waals surface area contributed by atoms with Crippen LogP contribution >= 0.6 is 24.0 Å². The molecule has 0 unspecified atom stereocenters. The fraction of sp³-hybridized carbons (Fsp3) is 0.579. The van der Waals surface area contributed by atoms with Gasteiger partial charge in [-0.15, -0.1) is 24.0 Å². The van der Waals surface area contributed by atoms with Crippen molar-refractivity contribution in [2.24, 2.45) is 10.7 Å². The molecule has 1 saturated heterocycles. The Labute approximate surface area is 178 Å². The molecular weight excluding hydrogens is 457 g/mol. The van der Waals surface area contributed by atoms with Crippen LogP contribution in [-0.2, 0) is 17.6 Å². The lowest BCUT2D eigenvalue weighted by atomic mass is 10.1. The quantitative estimate of drug-likeness (QED) is 0.315. The lowest BCUT2D eigenvalue weighted by molar-refractivity contribution is -0.119. The topological polar surface area (TPSA) is 92.0 Å². The highest BCUT2D eigenvalue weighted by Gasteiger charge is 2.20. The molecule has 0 atom stereocenters. The first kappa shape index (κ1) is 21.7. The third-order valence-corrected chi connectivity index (χ3v) is 4.99. The zero-order valence-corrected chi connectivity index (χ0v) is 18.2. The fourth-order valence-electron chi connectivity index (χ4n) is 3.56. The molecule has 1 fully saturated rings. The summed E-state index contributed by atoms with van der Waals surface area (Å²) in [5.41, 5.74) is 7.89. The number of nitrogens with zero attached hydrogens (tertiary/aromatic N) is 2. The minimum Gasteiger partial charge on any atom is -0.493 e. The van der Waals surface area contributed by atoms with Crippen molar-refractivity contribution >= 4 is 35.8 Å². The average Bonchev–Trinajstić information content (AvgIpc) is 3.09. The number of piperidine rings is 1. The number of carbonyl (C=O) groups excluding carboxylic acids is 1. The van der Waals surface area contributed by atoms with Crippen molar-refractivity contribution in [1.29, 1.82) is 0 Å². The highest BCUT2D eigenvalue weighted by atomic mass is 127. The molecule has 7 nitrogen and oxygen atoms in total. The smallest absolute Gasteiger partial charge is 0.231 e. The number of ether oxygens (including phenoxy) is 1. The predicted octanol–water partition coefficient (Wildman–Crippen LogP) is 0.897. The minimum absolute atomic E-state index is 0. The van der Waals surface area contributed by atoms with Crippen molar-refractivity contribution in [3.63, 3.8) is 0 Å². The second-order valence-corrected chi connectivity index (χ2v) is 6.95. The molecule has 27 heavy (non-hydrogen) atoms. The maximum Gasteiger partial charge on any atom is 0.231 e. The van der Waals surface area contributed by atoms with E-state index in [1.54, 1.807) is 7.05 Å². The molecule has 0 saturated carbocycles. The summed E-state index contributed by atoms with van der Waals surface area (Å²) >= 11 is 0. The first-order chi connectivity index (χ1) is 12.6. The van der Waals surface area contributed by atoms with Crippen molar-refractivity contribution < 1.29 is 9.53 Å². The number of halogens is 1. The Balaban J connectivity index is 0.00000261. The summed E-state index contributed by atoms with van der Waals surface area (Å²) in [6, 6.07) is 6.83. The summed E-state index contributed by atoms with van der Waals surface area (Å²) in [4.78, 5) is 17.4. The number of hydrogen-bond donors (Lipinski definition) is 3. The summed E-state index contributed by atoms with van der Waals surface area (Å²) in [5.74, 6) is 1.61. The first-order valence-electron chi connectivity index (χ1n) is 9.36. The molecule has 0 aromatic heterocycles. The number of nitrogens with two attached hydrogens (primary N) is 1. The van der Waals surface area contributed by atoms with E-state index in [4.69, 9.17) is 10.5 Å². The number of hydrogen-bond acceptors (Lipinski definition) is 4. The van der Waals surface area contributed by atoms with E-state index < -0.39 is 0 Å². The number of carbonyl (C=O) groups is 1. The first-order valence-corrected chi connectivity index (χ1v) is 9.36. The van der Waals surface area contributed by atoms with Crippen LogP contribution in [0.5, 0.6) is 5.75 Å². The van der Waals surface area contributed by atoms with Crippen LogP contribution in [0.25, 0.3) is 0 Å². The third-order valence-electron chi connectivity index (χ3n) is 4.99. The number of benzene rings is 1. The molecule has 0 aliphatic carbocycles. The van der Waals surface area contributed by atoms with Crippen LogP contribution in [0.15, 0.2) is 23.2 Å². The summed E-state index contributed by atoms with van der Waals surface area (Å²) in [6.45, 7) is 3.75.